The van der Waals surface area contributed by atoms with Crippen molar-refractivity contribution in [2.75, 3.05) is 20.2 Å². The van der Waals surface area contributed by atoms with Crippen LogP contribution in [0, 0.1) is 0 Å². The van der Waals surface area contributed by atoms with Gasteiger partial charge in [0.1, 0.15) is 12.4 Å². The Bertz CT molecular complexity index is 505. The van der Waals surface area contributed by atoms with Crippen LogP contribution in [0.4, 0.5) is 0 Å². The molecule has 0 radical (unpaired) electrons. The third-order valence-electron chi connectivity index (χ3n) is 2.74. The Morgan fingerprint density at radius 3 is 2.79 bits per heavy atom. The van der Waals surface area contributed by atoms with Crippen LogP contribution in [0.3, 0.4) is 0 Å². The Kier molecular flexibility index (Phi) is 5.36. The minimum absolute atomic E-state index is 0.666. The molecule has 0 bridgehead atoms. The number of ether oxygens (including phenoxy) is 1. The van der Waals surface area contributed by atoms with Crippen LogP contribution in [-0.2, 0) is 6.54 Å². The normalized spacial score (nSPS) is 10.7. The summed E-state index contributed by atoms with van der Waals surface area (Å²) in [5.74, 6) is 0.886. The standard InChI is InChI=1S/C15H17BrN2O/c1-18(12-13-5-4-8-17-11-13)9-10-19-15-7-3-2-6-14(15)16/h2-8,11H,9-10,12H2,1H3. The number of rotatable bonds is 6. The molecule has 0 aliphatic heterocycles. The van der Waals surface area contributed by atoms with Crippen molar-refractivity contribution in [2.45, 2.75) is 6.54 Å². The van der Waals surface area contributed by atoms with Crippen LogP contribution in [0.1, 0.15) is 5.56 Å². The maximum atomic E-state index is 5.74. The topological polar surface area (TPSA) is 25.4 Å². The van der Waals surface area contributed by atoms with Crippen molar-refractivity contribution >= 4 is 15.9 Å². The van der Waals surface area contributed by atoms with Gasteiger partial charge in [0.25, 0.3) is 0 Å². The van der Waals surface area contributed by atoms with Crippen LogP contribution in [0.25, 0.3) is 0 Å². The first-order chi connectivity index (χ1) is 9.25. The van der Waals surface area contributed by atoms with E-state index in [2.05, 4.69) is 38.9 Å². The Balaban J connectivity index is 1.75. The minimum atomic E-state index is 0.666. The molecule has 1 heterocycles. The van der Waals surface area contributed by atoms with Gasteiger partial charge in [-0.3, -0.25) is 9.88 Å². The van der Waals surface area contributed by atoms with Gasteiger partial charge in [-0.15, -0.1) is 0 Å². The molecule has 1 aromatic carbocycles. The molecule has 2 aromatic rings. The van der Waals surface area contributed by atoms with E-state index in [0.717, 1.165) is 23.3 Å². The van der Waals surface area contributed by atoms with Crippen molar-refractivity contribution in [3.05, 3.63) is 58.8 Å². The number of nitrogens with zero attached hydrogens (tertiary/aromatic N) is 2. The number of halogens is 1. The van der Waals surface area contributed by atoms with Crippen molar-refractivity contribution in [1.82, 2.24) is 9.88 Å². The first-order valence-corrected chi connectivity index (χ1v) is 7.00. The Morgan fingerprint density at radius 2 is 2.05 bits per heavy atom. The molecule has 4 heteroatoms. The van der Waals surface area contributed by atoms with E-state index < -0.39 is 0 Å². The smallest absolute Gasteiger partial charge is 0.133 e. The number of likely N-dealkylation sites (N-methyl/N-ethyl adjacent to an activating group) is 1. The summed E-state index contributed by atoms with van der Waals surface area (Å²) in [4.78, 5) is 6.33. The quantitative estimate of drug-likeness (QED) is 0.816. The molecule has 0 fully saturated rings. The molecule has 0 saturated carbocycles. The van der Waals surface area contributed by atoms with Gasteiger partial charge in [0.15, 0.2) is 0 Å². The van der Waals surface area contributed by atoms with Crippen molar-refractivity contribution in [1.29, 1.82) is 0 Å². The van der Waals surface area contributed by atoms with E-state index in [4.69, 9.17) is 4.74 Å². The predicted octanol–water partition coefficient (Wildman–Crippen LogP) is 3.35. The lowest BCUT2D eigenvalue weighted by atomic mass is 10.3. The number of para-hydroxylation sites is 1. The van der Waals surface area contributed by atoms with E-state index in [9.17, 15) is 0 Å². The Hall–Kier alpha value is -1.39. The highest BCUT2D eigenvalue weighted by atomic mass is 79.9. The van der Waals surface area contributed by atoms with Crippen molar-refractivity contribution in [2.24, 2.45) is 0 Å². The van der Waals surface area contributed by atoms with Crippen LogP contribution in [0.5, 0.6) is 5.75 Å². The van der Waals surface area contributed by atoms with E-state index in [1.165, 1.54) is 5.56 Å². The molecule has 0 unspecified atom stereocenters. The Labute approximate surface area is 122 Å². The van der Waals surface area contributed by atoms with Crippen LogP contribution >= 0.6 is 15.9 Å². The van der Waals surface area contributed by atoms with E-state index in [-0.39, 0.29) is 0 Å². The molecule has 0 atom stereocenters. The second kappa shape index (κ2) is 7.26. The maximum absolute atomic E-state index is 5.74. The van der Waals surface area contributed by atoms with Crippen LogP contribution < -0.4 is 4.74 Å². The molecule has 0 spiro atoms. The summed E-state index contributed by atoms with van der Waals surface area (Å²) in [5, 5.41) is 0. The third-order valence-corrected chi connectivity index (χ3v) is 3.40. The largest absolute Gasteiger partial charge is 0.491 e. The van der Waals surface area contributed by atoms with Crippen molar-refractivity contribution in [3.63, 3.8) is 0 Å². The lowest BCUT2D eigenvalue weighted by Gasteiger charge is -2.17. The van der Waals surface area contributed by atoms with Gasteiger partial charge in [-0.25, -0.2) is 0 Å². The van der Waals surface area contributed by atoms with Gasteiger partial charge in [0.2, 0.25) is 0 Å². The third kappa shape index (κ3) is 4.65. The minimum Gasteiger partial charge on any atom is -0.491 e. The van der Waals surface area contributed by atoms with Crippen molar-refractivity contribution < 1.29 is 4.74 Å². The zero-order chi connectivity index (χ0) is 13.5. The average Bonchev–Trinajstić information content (AvgIpc) is 2.42. The Morgan fingerprint density at radius 1 is 1.21 bits per heavy atom. The zero-order valence-corrected chi connectivity index (χ0v) is 12.5. The predicted molar refractivity (Wildman–Crippen MR) is 80.2 cm³/mol. The van der Waals surface area contributed by atoms with Gasteiger partial charge in [-0.05, 0) is 46.7 Å². The molecule has 19 heavy (non-hydrogen) atoms. The van der Waals surface area contributed by atoms with Crippen LogP contribution in [0.15, 0.2) is 53.3 Å². The zero-order valence-electron chi connectivity index (χ0n) is 10.9. The van der Waals surface area contributed by atoms with Gasteiger partial charge in [-0.1, -0.05) is 18.2 Å². The number of aromatic nitrogens is 1. The summed E-state index contributed by atoms with van der Waals surface area (Å²) >= 11 is 3.47. The van der Waals surface area contributed by atoms with E-state index in [1.54, 1.807) is 6.20 Å². The fourth-order valence-corrected chi connectivity index (χ4v) is 2.15. The molecule has 2 rings (SSSR count). The molecule has 0 aliphatic carbocycles. The van der Waals surface area contributed by atoms with E-state index >= 15 is 0 Å². The van der Waals surface area contributed by atoms with Gasteiger partial charge >= 0.3 is 0 Å². The summed E-state index contributed by atoms with van der Waals surface area (Å²) in [6.07, 6.45) is 3.69. The fraction of sp³-hybridized carbons (Fsp3) is 0.267. The maximum Gasteiger partial charge on any atom is 0.133 e. The molecular formula is C15H17BrN2O. The molecule has 0 saturated heterocycles. The van der Waals surface area contributed by atoms with Crippen LogP contribution in [0.2, 0.25) is 0 Å². The first-order valence-electron chi connectivity index (χ1n) is 6.20. The second-order valence-corrected chi connectivity index (χ2v) is 5.23. The van der Waals surface area contributed by atoms with Gasteiger partial charge in [0.05, 0.1) is 4.47 Å². The van der Waals surface area contributed by atoms with Crippen molar-refractivity contribution in [3.8, 4) is 5.75 Å². The summed E-state index contributed by atoms with van der Waals surface area (Å²) in [5.41, 5.74) is 1.21. The van der Waals surface area contributed by atoms with Gasteiger partial charge < -0.3 is 4.74 Å². The molecule has 100 valence electrons. The summed E-state index contributed by atoms with van der Waals surface area (Å²) < 4.78 is 6.73. The average molecular weight is 321 g/mol. The summed E-state index contributed by atoms with van der Waals surface area (Å²) in [6.45, 7) is 2.42. The lowest BCUT2D eigenvalue weighted by molar-refractivity contribution is 0.232. The molecule has 3 nitrogen and oxygen atoms in total. The first kappa shape index (κ1) is 14.0. The van der Waals surface area contributed by atoms with E-state index in [1.807, 2.05) is 36.5 Å². The lowest BCUT2D eigenvalue weighted by Crippen LogP contribution is -2.23. The summed E-state index contributed by atoms with van der Waals surface area (Å²) in [6, 6.07) is 11.9. The SMILES string of the molecule is CN(CCOc1ccccc1Br)Cc1cccnc1. The summed E-state index contributed by atoms with van der Waals surface area (Å²) in [7, 11) is 2.08. The van der Waals surface area contributed by atoms with Gasteiger partial charge in [-0.2, -0.15) is 0 Å². The van der Waals surface area contributed by atoms with Crippen LogP contribution in [-0.4, -0.2) is 30.1 Å². The molecule has 0 N–H and O–H groups in total. The molecule has 0 amide bonds. The monoisotopic (exact) mass is 320 g/mol. The molecule has 0 aliphatic rings. The second-order valence-electron chi connectivity index (χ2n) is 4.38. The highest BCUT2D eigenvalue weighted by Crippen LogP contribution is 2.23. The molecular weight excluding hydrogens is 304 g/mol. The highest BCUT2D eigenvalue weighted by molar-refractivity contribution is 9.10. The fourth-order valence-electron chi connectivity index (χ4n) is 1.76. The number of hydrogen-bond donors (Lipinski definition) is 0. The number of hydrogen-bond acceptors (Lipinski definition) is 3. The number of pyridine rings is 1. The van der Waals surface area contributed by atoms with Gasteiger partial charge in [0, 0.05) is 25.5 Å². The molecule has 1 aromatic heterocycles. The highest BCUT2D eigenvalue weighted by Gasteiger charge is 2.02. The number of benzene rings is 1. The van der Waals surface area contributed by atoms with E-state index in [0.29, 0.717) is 6.61 Å².